The van der Waals surface area contributed by atoms with E-state index in [1.54, 1.807) is 17.5 Å². The number of rotatable bonds is 4. The summed E-state index contributed by atoms with van der Waals surface area (Å²) in [5.74, 6) is 4.85. The molecule has 0 atom stereocenters. The number of carbonyl (C=O) groups is 1. The summed E-state index contributed by atoms with van der Waals surface area (Å²) in [5, 5.41) is 1.78. The maximum absolute atomic E-state index is 13.1. The molecule has 0 aliphatic heterocycles. The number of carbonyl (C=O) groups excluding carboxylic acids is 1. The van der Waals surface area contributed by atoms with Gasteiger partial charge in [-0.2, -0.15) is 0 Å². The van der Waals surface area contributed by atoms with Crippen molar-refractivity contribution in [3.63, 3.8) is 0 Å². The molecule has 0 saturated heterocycles. The molecule has 0 spiro atoms. The third-order valence-electron chi connectivity index (χ3n) is 2.62. The van der Waals surface area contributed by atoms with E-state index < -0.39 is 0 Å². The van der Waals surface area contributed by atoms with Crippen LogP contribution in [0.3, 0.4) is 0 Å². The molecule has 1 amide bonds. The first-order chi connectivity index (χ1) is 9.11. The molecule has 3 N–H and O–H groups in total. The number of hydrogen-bond acceptors (Lipinski definition) is 4. The van der Waals surface area contributed by atoms with Gasteiger partial charge >= 0.3 is 0 Å². The van der Waals surface area contributed by atoms with Crippen LogP contribution < -0.4 is 16.0 Å². The van der Waals surface area contributed by atoms with E-state index in [0.29, 0.717) is 10.6 Å². The lowest BCUT2D eigenvalue weighted by Crippen LogP contribution is -2.30. The Labute approximate surface area is 114 Å². The van der Waals surface area contributed by atoms with Crippen molar-refractivity contribution < 1.29 is 13.9 Å². The number of aryl methyl sites for hydroxylation is 1. The summed E-state index contributed by atoms with van der Waals surface area (Å²) in [4.78, 5) is 12.0. The number of nitrogen functional groups attached to an aromatic ring is 1. The van der Waals surface area contributed by atoms with Crippen LogP contribution in [0.5, 0.6) is 5.75 Å². The van der Waals surface area contributed by atoms with E-state index in [1.807, 2.05) is 6.92 Å². The van der Waals surface area contributed by atoms with Gasteiger partial charge < -0.3 is 4.74 Å². The van der Waals surface area contributed by atoms with Gasteiger partial charge in [0.1, 0.15) is 18.2 Å². The van der Waals surface area contributed by atoms with Gasteiger partial charge in [0.2, 0.25) is 0 Å². The number of ether oxygens (including phenoxy) is 1. The van der Waals surface area contributed by atoms with Crippen molar-refractivity contribution in [2.24, 2.45) is 5.84 Å². The van der Waals surface area contributed by atoms with E-state index in [0.717, 1.165) is 11.1 Å². The SMILES string of the molecule is Cc1ccc(F)cc1OCc1ccsc1C(=O)NN. The molecule has 100 valence electrons. The van der Waals surface area contributed by atoms with Crippen molar-refractivity contribution in [1.82, 2.24) is 5.43 Å². The van der Waals surface area contributed by atoms with Crippen LogP contribution in [-0.4, -0.2) is 5.91 Å². The number of benzene rings is 1. The minimum atomic E-state index is -0.357. The van der Waals surface area contributed by atoms with Crippen molar-refractivity contribution in [2.45, 2.75) is 13.5 Å². The van der Waals surface area contributed by atoms with E-state index in [1.165, 1.54) is 23.5 Å². The average Bonchev–Trinajstić information content (AvgIpc) is 2.87. The lowest BCUT2D eigenvalue weighted by molar-refractivity contribution is 0.0955. The highest BCUT2D eigenvalue weighted by atomic mass is 32.1. The molecule has 1 heterocycles. The minimum absolute atomic E-state index is 0.191. The van der Waals surface area contributed by atoms with E-state index in [-0.39, 0.29) is 18.3 Å². The molecule has 0 radical (unpaired) electrons. The monoisotopic (exact) mass is 280 g/mol. The fraction of sp³-hybridized carbons (Fsp3) is 0.154. The van der Waals surface area contributed by atoms with Gasteiger partial charge in [0.05, 0.1) is 4.88 Å². The number of amides is 1. The van der Waals surface area contributed by atoms with Gasteiger partial charge in [-0.1, -0.05) is 6.07 Å². The van der Waals surface area contributed by atoms with Crippen LogP contribution in [0.25, 0.3) is 0 Å². The molecule has 6 heteroatoms. The Kier molecular flexibility index (Phi) is 4.13. The Morgan fingerprint density at radius 1 is 1.47 bits per heavy atom. The smallest absolute Gasteiger partial charge is 0.275 e. The second-order valence-corrected chi connectivity index (χ2v) is 4.86. The number of hydrazine groups is 1. The van der Waals surface area contributed by atoms with Gasteiger partial charge in [-0.15, -0.1) is 11.3 Å². The summed E-state index contributed by atoms with van der Waals surface area (Å²) >= 11 is 1.28. The van der Waals surface area contributed by atoms with Crippen LogP contribution in [0.2, 0.25) is 0 Å². The first-order valence-corrected chi connectivity index (χ1v) is 6.46. The highest BCUT2D eigenvalue weighted by Crippen LogP contribution is 2.22. The van der Waals surface area contributed by atoms with Crippen molar-refractivity contribution >= 4 is 17.2 Å². The zero-order valence-electron chi connectivity index (χ0n) is 10.3. The fourth-order valence-corrected chi connectivity index (χ4v) is 2.41. The second kappa shape index (κ2) is 5.81. The summed E-state index contributed by atoms with van der Waals surface area (Å²) in [6.45, 7) is 2.02. The molecular weight excluding hydrogens is 267 g/mol. The Bertz CT molecular complexity index is 598. The molecule has 0 saturated carbocycles. The summed E-state index contributed by atoms with van der Waals surface area (Å²) in [5.41, 5.74) is 3.64. The molecule has 4 nitrogen and oxygen atoms in total. The molecule has 0 aliphatic rings. The van der Waals surface area contributed by atoms with Gasteiger partial charge in [0.25, 0.3) is 5.91 Å². The van der Waals surface area contributed by atoms with E-state index in [4.69, 9.17) is 10.6 Å². The largest absolute Gasteiger partial charge is 0.488 e. The second-order valence-electron chi connectivity index (χ2n) is 3.95. The topological polar surface area (TPSA) is 64.3 Å². The lowest BCUT2D eigenvalue weighted by atomic mass is 10.2. The lowest BCUT2D eigenvalue weighted by Gasteiger charge is -2.09. The standard InChI is InChI=1S/C13H13FN2O2S/c1-8-2-3-10(14)6-11(8)18-7-9-4-5-19-12(9)13(17)16-15/h2-6H,7,15H2,1H3,(H,16,17). The maximum Gasteiger partial charge on any atom is 0.275 e. The predicted molar refractivity (Wildman–Crippen MR) is 71.4 cm³/mol. The molecule has 0 fully saturated rings. The maximum atomic E-state index is 13.1. The number of thiophene rings is 1. The van der Waals surface area contributed by atoms with Gasteiger partial charge in [0, 0.05) is 11.6 Å². The van der Waals surface area contributed by atoms with Crippen LogP contribution in [0, 0.1) is 12.7 Å². The normalized spacial score (nSPS) is 10.3. The number of nitrogens with two attached hydrogens (primary N) is 1. The molecule has 2 aromatic rings. The first kappa shape index (κ1) is 13.5. The van der Waals surface area contributed by atoms with Gasteiger partial charge in [-0.3, -0.25) is 10.2 Å². The Balaban J connectivity index is 2.13. The van der Waals surface area contributed by atoms with Gasteiger partial charge in [-0.05, 0) is 30.0 Å². The van der Waals surface area contributed by atoms with Crippen LogP contribution in [-0.2, 0) is 6.61 Å². The quantitative estimate of drug-likeness (QED) is 0.513. The van der Waals surface area contributed by atoms with E-state index in [2.05, 4.69) is 5.43 Å². The summed E-state index contributed by atoms with van der Waals surface area (Å²) in [6.07, 6.45) is 0. The van der Waals surface area contributed by atoms with Crippen LogP contribution >= 0.6 is 11.3 Å². The Morgan fingerprint density at radius 3 is 3.00 bits per heavy atom. The number of hydrogen-bond donors (Lipinski definition) is 2. The first-order valence-electron chi connectivity index (χ1n) is 5.58. The van der Waals surface area contributed by atoms with Gasteiger partial charge in [0.15, 0.2) is 0 Å². The van der Waals surface area contributed by atoms with E-state index >= 15 is 0 Å². The molecule has 1 aromatic carbocycles. The highest BCUT2D eigenvalue weighted by Gasteiger charge is 2.12. The van der Waals surface area contributed by atoms with Crippen LogP contribution in [0.4, 0.5) is 4.39 Å². The Hall–Kier alpha value is -1.92. The van der Waals surface area contributed by atoms with Crippen molar-refractivity contribution in [3.8, 4) is 5.75 Å². The fourth-order valence-electron chi connectivity index (χ4n) is 1.60. The third kappa shape index (κ3) is 3.10. The highest BCUT2D eigenvalue weighted by molar-refractivity contribution is 7.12. The van der Waals surface area contributed by atoms with E-state index in [9.17, 15) is 9.18 Å². The average molecular weight is 280 g/mol. The molecule has 0 bridgehead atoms. The molecular formula is C13H13FN2O2S. The molecule has 0 unspecified atom stereocenters. The summed E-state index contributed by atoms with van der Waals surface area (Å²) in [6, 6.07) is 6.13. The van der Waals surface area contributed by atoms with Crippen molar-refractivity contribution in [3.05, 3.63) is 51.5 Å². The summed E-state index contributed by atoms with van der Waals surface area (Å²) < 4.78 is 18.7. The third-order valence-corrected chi connectivity index (χ3v) is 3.57. The molecule has 0 aliphatic carbocycles. The zero-order valence-corrected chi connectivity index (χ0v) is 11.1. The van der Waals surface area contributed by atoms with Crippen molar-refractivity contribution in [2.75, 3.05) is 0 Å². The minimum Gasteiger partial charge on any atom is -0.488 e. The van der Waals surface area contributed by atoms with Crippen LogP contribution in [0.15, 0.2) is 29.6 Å². The van der Waals surface area contributed by atoms with Gasteiger partial charge in [-0.25, -0.2) is 10.2 Å². The molecule has 1 aromatic heterocycles. The Morgan fingerprint density at radius 2 is 2.26 bits per heavy atom. The van der Waals surface area contributed by atoms with Crippen molar-refractivity contribution in [1.29, 1.82) is 0 Å². The summed E-state index contributed by atoms with van der Waals surface area (Å²) in [7, 11) is 0. The predicted octanol–water partition coefficient (Wildman–Crippen LogP) is 2.38. The number of nitrogens with one attached hydrogen (secondary N) is 1. The molecule has 19 heavy (non-hydrogen) atoms. The number of halogens is 1. The van der Waals surface area contributed by atoms with Crippen LogP contribution in [0.1, 0.15) is 20.8 Å². The molecule has 2 rings (SSSR count). The zero-order chi connectivity index (χ0) is 13.8.